The van der Waals surface area contributed by atoms with E-state index in [4.69, 9.17) is 19.1 Å². The Kier molecular flexibility index (Phi) is 5.94. The summed E-state index contributed by atoms with van der Waals surface area (Å²) in [7, 11) is -3.96. The second-order valence-electron chi connectivity index (χ2n) is 3.35. The van der Waals surface area contributed by atoms with E-state index >= 15 is 0 Å². The van der Waals surface area contributed by atoms with Gasteiger partial charge >= 0.3 is 14.8 Å². The number of esters is 1. The topological polar surface area (TPSA) is 87.0 Å². The van der Waals surface area contributed by atoms with Crippen LogP contribution in [-0.2, 0) is 9.53 Å². The number of carbonyl (C=O) groups excluding carboxylic acids is 1. The van der Waals surface area contributed by atoms with Crippen molar-refractivity contribution in [3.63, 3.8) is 0 Å². The van der Waals surface area contributed by atoms with Gasteiger partial charge in [-0.2, -0.15) is 0 Å². The average Bonchev–Trinajstić information content (AvgIpc) is 2.09. The lowest BCUT2D eigenvalue weighted by Gasteiger charge is -2.11. The Balaban J connectivity index is 3.51. The van der Waals surface area contributed by atoms with E-state index in [0.717, 1.165) is 6.42 Å². The molecule has 6 heteroatoms. The van der Waals surface area contributed by atoms with Gasteiger partial charge in [-0.3, -0.25) is 4.79 Å². The van der Waals surface area contributed by atoms with Gasteiger partial charge in [0.05, 0.1) is 12.5 Å². The highest BCUT2D eigenvalue weighted by atomic mass is 28.4. The van der Waals surface area contributed by atoms with Crippen molar-refractivity contribution < 1.29 is 23.9 Å². The summed E-state index contributed by atoms with van der Waals surface area (Å²) >= 11 is 0. The van der Waals surface area contributed by atoms with Crippen LogP contribution in [0.2, 0.25) is 6.04 Å². The van der Waals surface area contributed by atoms with E-state index in [9.17, 15) is 4.79 Å². The zero-order valence-electron chi connectivity index (χ0n) is 8.56. The van der Waals surface area contributed by atoms with Crippen LogP contribution in [0.25, 0.3) is 0 Å². The summed E-state index contributed by atoms with van der Waals surface area (Å²) in [5.74, 6) is -0.414. The van der Waals surface area contributed by atoms with Crippen LogP contribution in [0.4, 0.5) is 0 Å². The number of rotatable bonds is 6. The van der Waals surface area contributed by atoms with E-state index in [-0.39, 0.29) is 31.0 Å². The molecular formula is C8H18O5Si. The van der Waals surface area contributed by atoms with E-state index < -0.39 is 8.80 Å². The molecule has 0 rings (SSSR count). The van der Waals surface area contributed by atoms with Crippen molar-refractivity contribution in [3.8, 4) is 0 Å². The molecule has 5 nitrogen and oxygen atoms in total. The molecule has 14 heavy (non-hydrogen) atoms. The van der Waals surface area contributed by atoms with Crippen LogP contribution in [0.5, 0.6) is 0 Å². The third-order valence-corrected chi connectivity index (χ3v) is 2.94. The molecule has 0 saturated carbocycles. The van der Waals surface area contributed by atoms with Gasteiger partial charge < -0.3 is 19.1 Å². The van der Waals surface area contributed by atoms with Crippen LogP contribution >= 0.6 is 0 Å². The van der Waals surface area contributed by atoms with E-state index in [1.54, 1.807) is 6.92 Å². The third-order valence-electron chi connectivity index (χ3n) is 1.92. The quantitative estimate of drug-likeness (QED) is 0.331. The molecule has 0 aliphatic rings. The summed E-state index contributed by atoms with van der Waals surface area (Å²) in [6, 6.07) is -0.0964. The summed E-state index contributed by atoms with van der Waals surface area (Å²) in [6.07, 6.45) is 0.995. The van der Waals surface area contributed by atoms with Gasteiger partial charge in [0.2, 0.25) is 0 Å². The van der Waals surface area contributed by atoms with Crippen molar-refractivity contribution in [2.75, 3.05) is 6.61 Å². The summed E-state index contributed by atoms with van der Waals surface area (Å²) in [6.45, 7) is 3.78. The van der Waals surface area contributed by atoms with Gasteiger partial charge in [0, 0.05) is 6.04 Å². The molecule has 0 amide bonds. The van der Waals surface area contributed by atoms with Crippen LogP contribution in [0.1, 0.15) is 26.7 Å². The molecule has 0 aromatic rings. The minimum Gasteiger partial charge on any atom is -0.465 e. The van der Waals surface area contributed by atoms with Gasteiger partial charge in [-0.25, -0.2) is 0 Å². The molecule has 0 aromatic heterocycles. The fraction of sp³-hybridized carbons (Fsp3) is 0.875. The highest BCUT2D eigenvalue weighted by Gasteiger charge is 2.25. The van der Waals surface area contributed by atoms with Gasteiger partial charge in [0.1, 0.15) is 0 Å². The first-order chi connectivity index (χ1) is 6.37. The van der Waals surface area contributed by atoms with Crippen molar-refractivity contribution in [2.45, 2.75) is 32.7 Å². The predicted molar refractivity (Wildman–Crippen MR) is 52.2 cm³/mol. The molecule has 0 aromatic carbocycles. The van der Waals surface area contributed by atoms with E-state index in [1.165, 1.54) is 0 Å². The molecule has 1 atom stereocenters. The maximum Gasteiger partial charge on any atom is 0.492 e. The largest absolute Gasteiger partial charge is 0.492 e. The summed E-state index contributed by atoms with van der Waals surface area (Å²) < 4.78 is 4.84. The SMILES string of the molecule is CCC(C)C(=O)OCCC[Si](O)(O)O. The van der Waals surface area contributed by atoms with E-state index in [1.807, 2.05) is 6.92 Å². The highest BCUT2D eigenvalue weighted by Crippen LogP contribution is 2.06. The average molecular weight is 222 g/mol. The van der Waals surface area contributed by atoms with Gasteiger partial charge in [0.25, 0.3) is 0 Å². The maximum absolute atomic E-state index is 11.1. The summed E-state index contributed by atoms with van der Waals surface area (Å²) in [4.78, 5) is 37.0. The van der Waals surface area contributed by atoms with Crippen molar-refractivity contribution in [2.24, 2.45) is 5.92 Å². The standard InChI is InChI=1S/C8H18O5Si/c1-3-7(2)8(9)13-5-4-6-14(10,11)12/h7,10-12H,3-6H2,1-2H3. The lowest BCUT2D eigenvalue weighted by atomic mass is 10.1. The number of hydrogen-bond donors (Lipinski definition) is 3. The normalized spacial score (nSPS) is 13.8. The van der Waals surface area contributed by atoms with Crippen LogP contribution in [-0.4, -0.2) is 35.8 Å². The molecule has 0 spiro atoms. The number of ether oxygens (including phenoxy) is 1. The summed E-state index contributed by atoms with van der Waals surface area (Å²) in [5, 5.41) is 0. The van der Waals surface area contributed by atoms with Crippen molar-refractivity contribution >= 4 is 14.8 Å². The zero-order chi connectivity index (χ0) is 11.2. The predicted octanol–water partition coefficient (Wildman–Crippen LogP) is -0.118. The Bertz CT molecular complexity index is 177. The van der Waals surface area contributed by atoms with Crippen LogP contribution in [0.3, 0.4) is 0 Å². The Hall–Kier alpha value is -0.433. The van der Waals surface area contributed by atoms with Crippen LogP contribution < -0.4 is 0 Å². The first-order valence-electron chi connectivity index (χ1n) is 4.70. The molecule has 0 saturated heterocycles. The third kappa shape index (κ3) is 7.02. The smallest absolute Gasteiger partial charge is 0.465 e. The van der Waals surface area contributed by atoms with E-state index in [2.05, 4.69) is 0 Å². The Morgan fingerprint density at radius 1 is 1.43 bits per heavy atom. The molecule has 0 radical (unpaired) electrons. The molecule has 0 heterocycles. The van der Waals surface area contributed by atoms with E-state index in [0.29, 0.717) is 0 Å². The van der Waals surface area contributed by atoms with Gasteiger partial charge in [-0.1, -0.05) is 13.8 Å². The van der Waals surface area contributed by atoms with Crippen LogP contribution in [0, 0.1) is 5.92 Å². The molecule has 3 N–H and O–H groups in total. The second kappa shape index (κ2) is 6.13. The molecule has 0 aliphatic heterocycles. The molecule has 0 aliphatic carbocycles. The maximum atomic E-state index is 11.1. The van der Waals surface area contributed by atoms with Gasteiger partial charge in [-0.15, -0.1) is 0 Å². The first kappa shape index (κ1) is 13.6. The molecule has 1 unspecified atom stereocenters. The van der Waals surface area contributed by atoms with Gasteiger partial charge in [0.15, 0.2) is 0 Å². The molecule has 0 fully saturated rings. The first-order valence-corrected chi connectivity index (χ1v) is 6.75. The fourth-order valence-corrected chi connectivity index (χ4v) is 1.41. The Morgan fingerprint density at radius 3 is 2.43 bits per heavy atom. The minimum atomic E-state index is -3.96. The van der Waals surface area contributed by atoms with Crippen molar-refractivity contribution in [1.29, 1.82) is 0 Å². The minimum absolute atomic E-state index is 0.0964. The molecular weight excluding hydrogens is 204 g/mol. The summed E-state index contributed by atoms with van der Waals surface area (Å²) in [5.41, 5.74) is 0. The van der Waals surface area contributed by atoms with Crippen molar-refractivity contribution in [1.82, 2.24) is 0 Å². The van der Waals surface area contributed by atoms with Crippen LogP contribution in [0.15, 0.2) is 0 Å². The Labute approximate surface area is 84.7 Å². The fourth-order valence-electron chi connectivity index (χ4n) is 0.791. The van der Waals surface area contributed by atoms with Crippen molar-refractivity contribution in [3.05, 3.63) is 0 Å². The number of carbonyl (C=O) groups is 1. The lowest BCUT2D eigenvalue weighted by molar-refractivity contribution is -0.148. The molecule has 0 bridgehead atoms. The Morgan fingerprint density at radius 2 is 2.00 bits per heavy atom. The number of hydrogen-bond acceptors (Lipinski definition) is 5. The lowest BCUT2D eigenvalue weighted by Crippen LogP contribution is -2.34. The highest BCUT2D eigenvalue weighted by molar-refractivity contribution is 6.56. The monoisotopic (exact) mass is 222 g/mol. The van der Waals surface area contributed by atoms with Gasteiger partial charge in [-0.05, 0) is 12.8 Å². The molecule has 84 valence electrons. The second-order valence-corrected chi connectivity index (χ2v) is 5.40. The zero-order valence-corrected chi connectivity index (χ0v) is 9.56.